The number of ether oxygens (including phenoxy) is 6. The van der Waals surface area contributed by atoms with Gasteiger partial charge in [0.05, 0.1) is 37.1 Å². The van der Waals surface area contributed by atoms with E-state index in [4.69, 9.17) is 28.4 Å². The molecule has 5 saturated carbocycles. The van der Waals surface area contributed by atoms with E-state index in [-0.39, 0.29) is 53.8 Å². The first kappa shape index (κ1) is 22.8. The Morgan fingerprint density at radius 3 is 2.59 bits per heavy atom. The fourth-order valence-electron chi connectivity index (χ4n) is 11.7. The molecular weight excluding hydrogens is 438 g/mol. The molecule has 1 unspecified atom stereocenters. The molecule has 0 radical (unpaired) electrons. The molecule has 34 heavy (non-hydrogen) atoms. The Morgan fingerprint density at radius 2 is 1.91 bits per heavy atom. The third kappa shape index (κ3) is 2.05. The fraction of sp³-hybridized carbons (Fsp3) is 1.00. The Bertz CT molecular complexity index is 859. The van der Waals surface area contributed by atoms with E-state index in [0.29, 0.717) is 18.4 Å². The van der Waals surface area contributed by atoms with Gasteiger partial charge in [-0.25, -0.2) is 0 Å². The molecule has 7 fully saturated rings. The van der Waals surface area contributed by atoms with Crippen LogP contribution in [-0.4, -0.2) is 107 Å². The van der Waals surface area contributed by atoms with Gasteiger partial charge in [-0.1, -0.05) is 6.92 Å². The minimum absolute atomic E-state index is 0.0240. The number of hydrogen-bond acceptors (Lipinski definition) is 8. The number of likely N-dealkylation sites (N-methyl/N-ethyl adjacent to an activating group) is 1. The van der Waals surface area contributed by atoms with Crippen LogP contribution in [0.15, 0.2) is 0 Å². The summed E-state index contributed by atoms with van der Waals surface area (Å²) in [6.07, 6.45) is 3.20. The Balaban J connectivity index is 1.55. The number of aliphatic hydroxyl groups excluding tert-OH is 1. The number of hydrogen-bond donors (Lipinski definition) is 1. The molecule has 13 atom stereocenters. The molecule has 2 saturated heterocycles. The van der Waals surface area contributed by atoms with E-state index in [2.05, 4.69) is 11.8 Å². The SMILES string of the molecule is CCN1C[C@@]2(COC)CC[C@@H](OC)[C@]34C1[C@@]1(OCO[C@]15C[C@@H](OC)[C@@H]1C[C@H]3[C@H]5[C@H]1OC)[C@H](O)[C@@H]24. The average Bonchev–Trinajstić information content (AvgIpc) is 3.42. The van der Waals surface area contributed by atoms with Crippen molar-refractivity contribution >= 4 is 0 Å². The highest BCUT2D eigenvalue weighted by Crippen LogP contribution is 2.82. The van der Waals surface area contributed by atoms with Crippen LogP contribution in [0, 0.1) is 34.5 Å². The van der Waals surface area contributed by atoms with E-state index in [0.717, 1.165) is 38.8 Å². The summed E-state index contributed by atoms with van der Waals surface area (Å²) in [7, 11) is 7.32. The summed E-state index contributed by atoms with van der Waals surface area (Å²) in [5.41, 5.74) is -1.83. The molecule has 0 aromatic heterocycles. The summed E-state index contributed by atoms with van der Waals surface area (Å²) >= 11 is 0. The number of rotatable bonds is 6. The summed E-state index contributed by atoms with van der Waals surface area (Å²) in [4.78, 5) is 2.61. The predicted molar refractivity (Wildman–Crippen MR) is 121 cm³/mol. The second-order valence-electron chi connectivity index (χ2n) is 12.2. The van der Waals surface area contributed by atoms with Gasteiger partial charge < -0.3 is 33.5 Å². The summed E-state index contributed by atoms with van der Waals surface area (Å²) in [5.74, 6) is 0.813. The van der Waals surface area contributed by atoms with Gasteiger partial charge in [-0.3, -0.25) is 4.90 Å². The lowest BCUT2D eigenvalue weighted by molar-refractivity contribution is -0.287. The van der Waals surface area contributed by atoms with Crippen molar-refractivity contribution in [3.05, 3.63) is 0 Å². The third-order valence-corrected chi connectivity index (χ3v) is 12.0. The van der Waals surface area contributed by atoms with E-state index in [1.165, 1.54) is 0 Å². The van der Waals surface area contributed by atoms with Crippen LogP contribution in [0.5, 0.6) is 0 Å². The van der Waals surface area contributed by atoms with Gasteiger partial charge in [0.2, 0.25) is 0 Å². The summed E-state index contributed by atoms with van der Waals surface area (Å²) < 4.78 is 38.3. The highest BCUT2D eigenvalue weighted by atomic mass is 16.7. The van der Waals surface area contributed by atoms with Crippen LogP contribution in [0.25, 0.3) is 0 Å². The molecule has 3 spiro atoms. The molecule has 1 N–H and O–H groups in total. The zero-order chi connectivity index (χ0) is 23.7. The minimum atomic E-state index is -0.825. The molecular formula is C26H41NO7. The molecule has 0 aromatic rings. The zero-order valence-corrected chi connectivity index (χ0v) is 21.2. The number of fused-ring (bicyclic) bond motifs is 1. The van der Waals surface area contributed by atoms with Gasteiger partial charge in [-0.2, -0.15) is 0 Å². The molecule has 7 bridgehead atoms. The van der Waals surface area contributed by atoms with Crippen molar-refractivity contribution < 1.29 is 33.5 Å². The Labute approximate surface area is 202 Å². The maximum atomic E-state index is 12.6. The monoisotopic (exact) mass is 479 g/mol. The first-order chi connectivity index (χ1) is 16.5. The van der Waals surface area contributed by atoms with E-state index in [9.17, 15) is 5.11 Å². The van der Waals surface area contributed by atoms with Crippen molar-refractivity contribution in [3.8, 4) is 0 Å². The number of nitrogens with zero attached hydrogens (tertiary/aromatic N) is 1. The van der Waals surface area contributed by atoms with E-state index >= 15 is 0 Å². The lowest BCUT2D eigenvalue weighted by Crippen LogP contribution is -2.81. The van der Waals surface area contributed by atoms with Crippen LogP contribution in [-0.2, 0) is 28.4 Å². The van der Waals surface area contributed by atoms with E-state index in [1.54, 1.807) is 7.11 Å². The largest absolute Gasteiger partial charge is 0.390 e. The topological polar surface area (TPSA) is 78.9 Å². The quantitative estimate of drug-likeness (QED) is 0.611. The van der Waals surface area contributed by atoms with Gasteiger partial charge in [-0.05, 0) is 31.7 Å². The standard InChI is InChI=1S/C26H41NO7/c1-6-27-11-23(12-29-2)8-7-17(31-4)25-15-9-14-16(30-3)10-24(18(15)19(14)32-5)26(22(25)27,34-13-33-24)21(28)20(23)25/h14-22,28H,6-13H2,1-5H3/t14-,15-,16+,17+,18-,19-,20-,21+,22?,23+,24-,25+,26-/m0/s1. The molecule has 192 valence electrons. The number of piperidine rings is 1. The summed E-state index contributed by atoms with van der Waals surface area (Å²) in [6.45, 7) is 4.93. The maximum absolute atomic E-state index is 12.6. The van der Waals surface area contributed by atoms with Crippen LogP contribution >= 0.6 is 0 Å². The second kappa shape index (κ2) is 7.16. The van der Waals surface area contributed by atoms with Crippen molar-refractivity contribution in [2.24, 2.45) is 34.5 Å². The van der Waals surface area contributed by atoms with Crippen molar-refractivity contribution in [1.82, 2.24) is 4.90 Å². The molecule has 7 rings (SSSR count). The third-order valence-electron chi connectivity index (χ3n) is 12.0. The van der Waals surface area contributed by atoms with Gasteiger partial charge in [0.1, 0.15) is 18.0 Å². The molecule has 7 aliphatic rings. The summed E-state index contributed by atoms with van der Waals surface area (Å²) in [5, 5.41) is 12.6. The Kier molecular flexibility index (Phi) is 4.81. The van der Waals surface area contributed by atoms with Crippen molar-refractivity contribution in [2.45, 2.75) is 74.3 Å². The number of likely N-dealkylation sites (tertiary alicyclic amines) is 1. The lowest BCUT2D eigenvalue weighted by Gasteiger charge is -2.70. The van der Waals surface area contributed by atoms with Gasteiger partial charge in [0.15, 0.2) is 0 Å². The van der Waals surface area contributed by atoms with Crippen molar-refractivity contribution in [3.63, 3.8) is 0 Å². The molecule has 2 heterocycles. The highest BCUT2D eigenvalue weighted by Gasteiger charge is 2.93. The van der Waals surface area contributed by atoms with E-state index in [1.807, 2.05) is 21.3 Å². The Morgan fingerprint density at radius 1 is 1.09 bits per heavy atom. The highest BCUT2D eigenvalue weighted by molar-refractivity contribution is 5.42. The molecule has 5 aliphatic carbocycles. The fourth-order valence-corrected chi connectivity index (χ4v) is 11.7. The smallest absolute Gasteiger partial charge is 0.148 e. The molecule has 0 aromatic carbocycles. The molecule has 8 heteroatoms. The van der Waals surface area contributed by atoms with Gasteiger partial charge in [0.25, 0.3) is 0 Å². The maximum Gasteiger partial charge on any atom is 0.148 e. The van der Waals surface area contributed by atoms with Crippen LogP contribution in [0.1, 0.15) is 32.6 Å². The average molecular weight is 480 g/mol. The van der Waals surface area contributed by atoms with Crippen molar-refractivity contribution in [2.75, 3.05) is 54.9 Å². The zero-order valence-electron chi connectivity index (χ0n) is 21.2. The molecule has 8 nitrogen and oxygen atoms in total. The van der Waals surface area contributed by atoms with Crippen LogP contribution in [0.2, 0.25) is 0 Å². The van der Waals surface area contributed by atoms with Crippen LogP contribution < -0.4 is 0 Å². The molecule has 2 aliphatic heterocycles. The van der Waals surface area contributed by atoms with Crippen LogP contribution in [0.3, 0.4) is 0 Å². The van der Waals surface area contributed by atoms with Gasteiger partial charge >= 0.3 is 0 Å². The van der Waals surface area contributed by atoms with Gasteiger partial charge in [0, 0.05) is 70.0 Å². The minimum Gasteiger partial charge on any atom is -0.390 e. The normalized spacial score (nSPS) is 61.1. The first-order valence-electron chi connectivity index (χ1n) is 13.2. The second-order valence-corrected chi connectivity index (χ2v) is 12.2. The van der Waals surface area contributed by atoms with Crippen molar-refractivity contribution in [1.29, 1.82) is 0 Å². The van der Waals surface area contributed by atoms with E-state index < -0.39 is 17.3 Å². The predicted octanol–water partition coefficient (Wildman–Crippen LogP) is 1.29. The lowest BCUT2D eigenvalue weighted by atomic mass is 9.42. The van der Waals surface area contributed by atoms with Gasteiger partial charge in [-0.15, -0.1) is 0 Å². The molecule has 0 amide bonds. The van der Waals surface area contributed by atoms with Crippen LogP contribution in [0.4, 0.5) is 0 Å². The first-order valence-corrected chi connectivity index (χ1v) is 13.2. The number of aliphatic hydroxyl groups is 1. The Hall–Kier alpha value is -0.320. The summed E-state index contributed by atoms with van der Waals surface area (Å²) in [6, 6.07) is 0.0378. The number of methoxy groups -OCH3 is 4.